The topological polar surface area (TPSA) is 74.7 Å². The Morgan fingerprint density at radius 1 is 1.14 bits per heavy atom. The van der Waals surface area contributed by atoms with E-state index in [9.17, 15) is 18.3 Å². The fourth-order valence-corrected chi connectivity index (χ4v) is 7.39. The van der Waals surface area contributed by atoms with Crippen LogP contribution in [0.5, 0.6) is 0 Å². The van der Waals surface area contributed by atoms with Crippen molar-refractivity contribution >= 4 is 16.0 Å². The molecule has 0 unspecified atom stereocenters. The average molecular weight is 329 g/mol. The van der Waals surface area contributed by atoms with Gasteiger partial charge in [-0.2, -0.15) is 4.31 Å². The lowest BCUT2D eigenvalue weighted by Crippen LogP contribution is -2.46. The molecule has 1 saturated heterocycles. The second-order valence-electron chi connectivity index (χ2n) is 7.86. The highest BCUT2D eigenvalue weighted by molar-refractivity contribution is 7.89. The number of carboxylic acid groups (broad SMARTS) is 1. The van der Waals surface area contributed by atoms with Crippen molar-refractivity contribution < 1.29 is 18.3 Å². The molecule has 0 amide bonds. The number of aliphatic carboxylic acids is 1. The number of nitrogens with zero attached hydrogens (tertiary/aromatic N) is 1. The summed E-state index contributed by atoms with van der Waals surface area (Å²) in [5, 5.41) is 9.61. The average Bonchev–Trinajstić information content (AvgIpc) is 2.96. The van der Waals surface area contributed by atoms with Crippen LogP contribution in [0.3, 0.4) is 0 Å². The first-order valence-corrected chi connectivity index (χ1v) is 10.1. The number of hydrogen-bond donors (Lipinski definition) is 1. The van der Waals surface area contributed by atoms with Crippen LogP contribution in [0.2, 0.25) is 0 Å². The highest BCUT2D eigenvalue weighted by Crippen LogP contribution is 2.50. The number of hydrogen-bond acceptors (Lipinski definition) is 3. The minimum absolute atomic E-state index is 0.135. The van der Waals surface area contributed by atoms with Crippen molar-refractivity contribution in [3.63, 3.8) is 0 Å². The van der Waals surface area contributed by atoms with Gasteiger partial charge in [0.2, 0.25) is 10.0 Å². The van der Waals surface area contributed by atoms with Gasteiger partial charge in [0.1, 0.15) is 0 Å². The lowest BCUT2D eigenvalue weighted by molar-refractivity contribution is -0.149. The van der Waals surface area contributed by atoms with Gasteiger partial charge in [-0.15, -0.1) is 0 Å². The Labute approximate surface area is 133 Å². The van der Waals surface area contributed by atoms with Gasteiger partial charge in [-0.3, -0.25) is 4.79 Å². The number of fused-ring (bicyclic) bond motifs is 1. The van der Waals surface area contributed by atoms with Crippen LogP contribution < -0.4 is 0 Å². The van der Waals surface area contributed by atoms with Crippen molar-refractivity contribution in [2.75, 3.05) is 12.3 Å². The van der Waals surface area contributed by atoms with Crippen molar-refractivity contribution in [2.45, 2.75) is 70.8 Å². The quantitative estimate of drug-likeness (QED) is 0.860. The smallest absolute Gasteiger partial charge is 0.311 e. The molecule has 0 aromatic rings. The Kier molecular flexibility index (Phi) is 4.05. The Morgan fingerprint density at radius 3 is 2.45 bits per heavy atom. The summed E-state index contributed by atoms with van der Waals surface area (Å²) in [4.78, 5) is 11.7. The van der Waals surface area contributed by atoms with Crippen molar-refractivity contribution in [3.8, 4) is 0 Å². The van der Waals surface area contributed by atoms with Crippen LogP contribution in [-0.2, 0) is 14.8 Å². The highest BCUT2D eigenvalue weighted by Gasteiger charge is 2.58. The SMILES string of the molecule is CC1(CS(=O)(=O)N2CC[C@]3(C(=O)O)CCC[C@H]23)CCCCC1. The molecule has 0 bridgehead atoms. The summed E-state index contributed by atoms with van der Waals surface area (Å²) >= 11 is 0. The summed E-state index contributed by atoms with van der Waals surface area (Å²) < 4.78 is 27.4. The Morgan fingerprint density at radius 2 is 1.82 bits per heavy atom. The lowest BCUT2D eigenvalue weighted by Gasteiger charge is -2.36. The number of carboxylic acids is 1. The maximum atomic E-state index is 12.9. The van der Waals surface area contributed by atoms with Gasteiger partial charge in [0.15, 0.2) is 0 Å². The third-order valence-electron chi connectivity index (χ3n) is 6.24. The Balaban J connectivity index is 1.80. The van der Waals surface area contributed by atoms with Crippen LogP contribution in [-0.4, -0.2) is 42.1 Å². The fraction of sp³-hybridized carbons (Fsp3) is 0.938. The van der Waals surface area contributed by atoms with Crippen molar-refractivity contribution in [1.82, 2.24) is 4.31 Å². The van der Waals surface area contributed by atoms with Crippen LogP contribution in [0.4, 0.5) is 0 Å². The van der Waals surface area contributed by atoms with Gasteiger partial charge in [0, 0.05) is 12.6 Å². The van der Waals surface area contributed by atoms with E-state index in [1.807, 2.05) is 0 Å². The van der Waals surface area contributed by atoms with Crippen LogP contribution >= 0.6 is 0 Å². The van der Waals surface area contributed by atoms with E-state index >= 15 is 0 Å². The van der Waals surface area contributed by atoms with E-state index in [1.54, 1.807) is 4.31 Å². The maximum Gasteiger partial charge on any atom is 0.311 e. The van der Waals surface area contributed by atoms with Crippen LogP contribution in [0, 0.1) is 10.8 Å². The van der Waals surface area contributed by atoms with Gasteiger partial charge in [-0.25, -0.2) is 8.42 Å². The van der Waals surface area contributed by atoms with Gasteiger partial charge >= 0.3 is 5.97 Å². The summed E-state index contributed by atoms with van der Waals surface area (Å²) in [7, 11) is -3.37. The first-order chi connectivity index (χ1) is 10.3. The Bertz CT molecular complexity index is 552. The van der Waals surface area contributed by atoms with Crippen molar-refractivity contribution in [2.24, 2.45) is 10.8 Å². The van der Waals surface area contributed by atoms with Crippen LogP contribution in [0.15, 0.2) is 0 Å². The normalized spacial score (nSPS) is 35.4. The second-order valence-corrected chi connectivity index (χ2v) is 9.78. The van der Waals surface area contributed by atoms with E-state index in [0.29, 0.717) is 25.8 Å². The number of rotatable bonds is 4. The molecule has 3 rings (SSSR count). The predicted molar refractivity (Wildman–Crippen MR) is 84.0 cm³/mol. The fourth-order valence-electron chi connectivity index (χ4n) is 4.99. The maximum absolute atomic E-state index is 12.9. The number of sulfonamides is 1. The van der Waals surface area contributed by atoms with Crippen LogP contribution in [0.25, 0.3) is 0 Å². The molecule has 0 radical (unpaired) electrons. The standard InChI is InChI=1S/C16H27NO4S/c1-15(7-3-2-4-8-15)12-22(20,21)17-11-10-16(14(18)19)9-5-6-13(16)17/h13H,2-12H2,1H3,(H,18,19)/t13-,16+/m0/s1. The molecule has 2 aliphatic carbocycles. The first-order valence-electron chi connectivity index (χ1n) is 8.52. The molecule has 3 fully saturated rings. The van der Waals surface area contributed by atoms with Crippen molar-refractivity contribution in [3.05, 3.63) is 0 Å². The summed E-state index contributed by atoms with van der Waals surface area (Å²) in [6.07, 6.45) is 7.96. The molecular formula is C16H27NO4S. The first kappa shape index (κ1) is 16.2. The van der Waals surface area contributed by atoms with Gasteiger partial charge in [-0.05, 0) is 37.5 Å². The highest BCUT2D eigenvalue weighted by atomic mass is 32.2. The summed E-state index contributed by atoms with van der Waals surface area (Å²) in [6.45, 7) is 2.47. The van der Waals surface area contributed by atoms with E-state index in [-0.39, 0.29) is 17.2 Å². The van der Waals surface area contributed by atoms with E-state index in [2.05, 4.69) is 6.92 Å². The summed E-state index contributed by atoms with van der Waals surface area (Å²) in [5.74, 6) is -0.622. The molecule has 126 valence electrons. The van der Waals surface area contributed by atoms with E-state index < -0.39 is 21.4 Å². The Hall–Kier alpha value is -0.620. The zero-order valence-electron chi connectivity index (χ0n) is 13.4. The van der Waals surface area contributed by atoms with E-state index in [4.69, 9.17) is 0 Å². The molecule has 0 aromatic carbocycles. The summed E-state index contributed by atoms with van der Waals surface area (Å²) in [6, 6.07) is -0.317. The van der Waals surface area contributed by atoms with E-state index in [1.165, 1.54) is 6.42 Å². The molecule has 2 atom stereocenters. The van der Waals surface area contributed by atoms with Crippen molar-refractivity contribution in [1.29, 1.82) is 0 Å². The van der Waals surface area contributed by atoms with Gasteiger partial charge in [0.25, 0.3) is 0 Å². The van der Waals surface area contributed by atoms with Gasteiger partial charge in [0.05, 0.1) is 11.2 Å². The monoisotopic (exact) mass is 329 g/mol. The molecule has 1 heterocycles. The zero-order chi connectivity index (χ0) is 16.0. The van der Waals surface area contributed by atoms with E-state index in [0.717, 1.165) is 32.1 Å². The van der Waals surface area contributed by atoms with Crippen LogP contribution in [0.1, 0.15) is 64.7 Å². The third-order valence-corrected chi connectivity index (χ3v) is 8.45. The zero-order valence-corrected chi connectivity index (χ0v) is 14.2. The summed E-state index contributed by atoms with van der Waals surface area (Å²) in [5.41, 5.74) is -0.954. The molecule has 1 aliphatic heterocycles. The molecule has 3 aliphatic rings. The minimum Gasteiger partial charge on any atom is -0.481 e. The third kappa shape index (κ3) is 2.58. The molecule has 0 aromatic heterocycles. The molecular weight excluding hydrogens is 302 g/mol. The largest absolute Gasteiger partial charge is 0.481 e. The molecule has 0 spiro atoms. The minimum atomic E-state index is -3.37. The van der Waals surface area contributed by atoms with Gasteiger partial charge in [-0.1, -0.05) is 32.6 Å². The lowest BCUT2D eigenvalue weighted by atomic mass is 9.77. The molecule has 22 heavy (non-hydrogen) atoms. The number of carbonyl (C=O) groups is 1. The predicted octanol–water partition coefficient (Wildman–Crippen LogP) is 2.62. The molecule has 1 N–H and O–H groups in total. The molecule has 2 saturated carbocycles. The molecule has 6 heteroatoms. The van der Waals surface area contributed by atoms with Gasteiger partial charge < -0.3 is 5.11 Å². The molecule has 5 nitrogen and oxygen atoms in total. The second kappa shape index (κ2) is 5.48.